The van der Waals surface area contributed by atoms with Crippen LogP contribution in [0.3, 0.4) is 0 Å². The number of pyridine rings is 1. The first-order chi connectivity index (χ1) is 7.77. The molecule has 0 spiro atoms. The zero-order valence-electron chi connectivity index (χ0n) is 9.08. The molecule has 0 aliphatic carbocycles. The Morgan fingerprint density at radius 1 is 1.38 bits per heavy atom. The van der Waals surface area contributed by atoms with Gasteiger partial charge in [-0.2, -0.15) is 0 Å². The smallest absolute Gasteiger partial charge is 0.250 e. The summed E-state index contributed by atoms with van der Waals surface area (Å²) in [6.07, 6.45) is 1.07. The first kappa shape index (κ1) is 11.3. The van der Waals surface area contributed by atoms with Gasteiger partial charge in [-0.15, -0.1) is 0 Å². The fourth-order valence-electron chi connectivity index (χ4n) is 1.78. The summed E-state index contributed by atoms with van der Waals surface area (Å²) in [6, 6.07) is 4.97. The van der Waals surface area contributed by atoms with Crippen molar-refractivity contribution in [2.75, 3.05) is 26.3 Å². The summed E-state index contributed by atoms with van der Waals surface area (Å²) in [5, 5.41) is 9.96. The molecule has 2 heterocycles. The Morgan fingerprint density at radius 3 is 2.81 bits per heavy atom. The van der Waals surface area contributed by atoms with Gasteiger partial charge in [-0.1, -0.05) is 6.07 Å². The second kappa shape index (κ2) is 5.25. The zero-order valence-corrected chi connectivity index (χ0v) is 9.08. The second-order valence-corrected chi connectivity index (χ2v) is 3.82. The summed E-state index contributed by atoms with van der Waals surface area (Å²) in [5.74, 6) is 0. The van der Waals surface area contributed by atoms with Gasteiger partial charge in [0.1, 0.15) is 6.23 Å². The largest absolute Gasteiger partial charge is 0.379 e. The van der Waals surface area contributed by atoms with Crippen molar-refractivity contribution >= 4 is 0 Å². The lowest BCUT2D eigenvalue weighted by molar-refractivity contribution is -0.0655. The van der Waals surface area contributed by atoms with Gasteiger partial charge in [0.2, 0.25) is 0 Å². The number of morpholine rings is 1. The van der Waals surface area contributed by atoms with Crippen molar-refractivity contribution in [1.29, 1.82) is 0 Å². The van der Waals surface area contributed by atoms with Gasteiger partial charge in [0.05, 0.1) is 19.8 Å². The third-order valence-corrected chi connectivity index (χ3v) is 2.73. The molecule has 1 atom stereocenters. The van der Waals surface area contributed by atoms with E-state index in [4.69, 9.17) is 4.74 Å². The Bertz CT molecular complexity index is 385. The fraction of sp³-hybridized carbons (Fsp3) is 0.545. The zero-order chi connectivity index (χ0) is 11.4. The van der Waals surface area contributed by atoms with Crippen molar-refractivity contribution in [3.8, 4) is 0 Å². The Kier molecular flexibility index (Phi) is 3.71. The van der Waals surface area contributed by atoms with Gasteiger partial charge >= 0.3 is 0 Å². The van der Waals surface area contributed by atoms with Crippen LogP contribution in [-0.2, 0) is 11.3 Å². The molecule has 16 heavy (non-hydrogen) atoms. The quantitative estimate of drug-likeness (QED) is 0.752. The lowest BCUT2D eigenvalue weighted by Gasteiger charge is -2.31. The maximum atomic E-state index is 11.4. The summed E-state index contributed by atoms with van der Waals surface area (Å²) in [5.41, 5.74) is -0.0881. The number of hydrogen-bond donors (Lipinski definition) is 1. The third-order valence-electron chi connectivity index (χ3n) is 2.73. The molecule has 0 radical (unpaired) electrons. The van der Waals surface area contributed by atoms with Crippen molar-refractivity contribution in [2.45, 2.75) is 12.8 Å². The molecule has 1 aromatic heterocycles. The van der Waals surface area contributed by atoms with E-state index in [-0.39, 0.29) is 5.56 Å². The highest BCUT2D eigenvalue weighted by atomic mass is 16.5. The van der Waals surface area contributed by atoms with Crippen LogP contribution in [0.2, 0.25) is 0 Å². The van der Waals surface area contributed by atoms with Gasteiger partial charge in [0, 0.05) is 25.4 Å². The average molecular weight is 224 g/mol. The van der Waals surface area contributed by atoms with Crippen LogP contribution in [0.1, 0.15) is 0 Å². The molecule has 0 aromatic carbocycles. The van der Waals surface area contributed by atoms with Gasteiger partial charge in [0.25, 0.3) is 5.56 Å². The second-order valence-electron chi connectivity index (χ2n) is 3.82. The van der Waals surface area contributed by atoms with E-state index < -0.39 is 6.23 Å². The van der Waals surface area contributed by atoms with Gasteiger partial charge in [-0.25, -0.2) is 0 Å². The Hall–Kier alpha value is -1.17. The van der Waals surface area contributed by atoms with Crippen LogP contribution in [-0.4, -0.2) is 47.1 Å². The van der Waals surface area contributed by atoms with Crippen LogP contribution >= 0.6 is 0 Å². The van der Waals surface area contributed by atoms with Crippen LogP contribution in [0.15, 0.2) is 29.2 Å². The van der Waals surface area contributed by atoms with Crippen molar-refractivity contribution in [2.24, 2.45) is 0 Å². The lowest BCUT2D eigenvalue weighted by atomic mass is 10.3. The number of ether oxygens (including phenoxy) is 1. The third kappa shape index (κ3) is 2.69. The molecule has 5 heteroatoms. The molecule has 1 unspecified atom stereocenters. The van der Waals surface area contributed by atoms with E-state index in [2.05, 4.69) is 0 Å². The molecule has 0 saturated carbocycles. The van der Waals surface area contributed by atoms with Gasteiger partial charge in [-0.05, 0) is 6.07 Å². The van der Waals surface area contributed by atoms with E-state index in [1.54, 1.807) is 18.3 Å². The van der Waals surface area contributed by atoms with E-state index in [1.165, 1.54) is 10.6 Å². The van der Waals surface area contributed by atoms with Gasteiger partial charge < -0.3 is 14.4 Å². The van der Waals surface area contributed by atoms with Crippen LogP contribution in [0.4, 0.5) is 0 Å². The minimum atomic E-state index is -0.621. The molecule has 5 nitrogen and oxygen atoms in total. The minimum Gasteiger partial charge on any atom is -0.379 e. The first-order valence-electron chi connectivity index (χ1n) is 5.43. The molecule has 1 aliphatic rings. The van der Waals surface area contributed by atoms with E-state index in [0.717, 1.165) is 0 Å². The van der Waals surface area contributed by atoms with Crippen molar-refractivity contribution in [1.82, 2.24) is 9.47 Å². The summed E-state index contributed by atoms with van der Waals surface area (Å²) in [7, 11) is 0. The average Bonchev–Trinajstić information content (AvgIpc) is 2.33. The topological polar surface area (TPSA) is 54.7 Å². The van der Waals surface area contributed by atoms with E-state index in [0.29, 0.717) is 32.8 Å². The van der Waals surface area contributed by atoms with Crippen LogP contribution < -0.4 is 5.56 Å². The Morgan fingerprint density at radius 2 is 2.12 bits per heavy atom. The van der Waals surface area contributed by atoms with Crippen molar-refractivity contribution < 1.29 is 9.84 Å². The SMILES string of the molecule is O=c1ccccn1CC(O)N1CCOCC1. The fourth-order valence-corrected chi connectivity index (χ4v) is 1.78. The highest BCUT2D eigenvalue weighted by Gasteiger charge is 2.18. The van der Waals surface area contributed by atoms with E-state index >= 15 is 0 Å². The Labute approximate surface area is 93.9 Å². The molecule has 0 amide bonds. The summed E-state index contributed by atoms with van der Waals surface area (Å²) < 4.78 is 6.72. The predicted octanol–water partition coefficient (Wildman–Crippen LogP) is -0.501. The summed E-state index contributed by atoms with van der Waals surface area (Å²) >= 11 is 0. The van der Waals surface area contributed by atoms with Gasteiger partial charge in [0.15, 0.2) is 0 Å². The lowest BCUT2D eigenvalue weighted by Crippen LogP contribution is -2.46. The molecular weight excluding hydrogens is 208 g/mol. The maximum absolute atomic E-state index is 11.4. The number of nitrogens with zero attached hydrogens (tertiary/aromatic N) is 2. The van der Waals surface area contributed by atoms with Crippen molar-refractivity contribution in [3.63, 3.8) is 0 Å². The minimum absolute atomic E-state index is 0.0881. The molecule has 88 valence electrons. The first-order valence-corrected chi connectivity index (χ1v) is 5.43. The van der Waals surface area contributed by atoms with Crippen LogP contribution in [0.25, 0.3) is 0 Å². The van der Waals surface area contributed by atoms with E-state index in [1.807, 2.05) is 4.90 Å². The number of rotatable bonds is 3. The molecule has 1 N–H and O–H groups in total. The summed E-state index contributed by atoms with van der Waals surface area (Å²) in [4.78, 5) is 13.4. The maximum Gasteiger partial charge on any atom is 0.250 e. The standard InChI is InChI=1S/C11H16N2O3/c14-10-3-1-2-4-13(10)9-11(15)12-5-7-16-8-6-12/h1-4,11,15H,5-9H2. The molecule has 1 aromatic rings. The number of aliphatic hydroxyl groups is 1. The van der Waals surface area contributed by atoms with Crippen LogP contribution in [0, 0.1) is 0 Å². The molecule has 1 fully saturated rings. The summed E-state index contributed by atoms with van der Waals surface area (Å²) in [6.45, 7) is 3.01. The number of aromatic nitrogens is 1. The molecule has 0 bridgehead atoms. The monoisotopic (exact) mass is 224 g/mol. The molecule has 1 saturated heterocycles. The van der Waals surface area contributed by atoms with E-state index in [9.17, 15) is 9.90 Å². The predicted molar refractivity (Wildman–Crippen MR) is 59.1 cm³/mol. The van der Waals surface area contributed by atoms with Gasteiger partial charge in [-0.3, -0.25) is 9.69 Å². The highest BCUT2D eigenvalue weighted by Crippen LogP contribution is 2.03. The molecule has 1 aliphatic heterocycles. The molecule has 2 rings (SSSR count). The van der Waals surface area contributed by atoms with Crippen LogP contribution in [0.5, 0.6) is 0 Å². The highest BCUT2D eigenvalue weighted by molar-refractivity contribution is 4.93. The van der Waals surface area contributed by atoms with Crippen molar-refractivity contribution in [3.05, 3.63) is 34.7 Å². The Balaban J connectivity index is 1.98. The number of hydrogen-bond acceptors (Lipinski definition) is 4. The molecular formula is C11H16N2O3. The number of aliphatic hydroxyl groups excluding tert-OH is 1. The normalized spacial score (nSPS) is 19.6.